The number of anilines is 1. The summed E-state index contributed by atoms with van der Waals surface area (Å²) in [5.41, 5.74) is 5.34. The molecule has 1 rings (SSSR count). The lowest BCUT2D eigenvalue weighted by molar-refractivity contribution is -0.129. The second kappa shape index (κ2) is 3.95. The van der Waals surface area contributed by atoms with E-state index in [9.17, 15) is 9.59 Å². The van der Waals surface area contributed by atoms with Gasteiger partial charge in [0.25, 0.3) is 0 Å². The standard InChI is InChI=1S/C9H13N3O2/c1-11(2)9(14)6-12-4-3-8(13)7(10)5-12/h3-5H,6,10H2,1-2H3. The quantitative estimate of drug-likeness (QED) is 0.693. The van der Waals surface area contributed by atoms with Crippen molar-refractivity contribution in [1.29, 1.82) is 0 Å². The van der Waals surface area contributed by atoms with Crippen molar-refractivity contribution in [2.45, 2.75) is 6.54 Å². The molecule has 5 heteroatoms. The van der Waals surface area contributed by atoms with Gasteiger partial charge in [-0.1, -0.05) is 0 Å². The van der Waals surface area contributed by atoms with Gasteiger partial charge in [-0.05, 0) is 0 Å². The van der Waals surface area contributed by atoms with Crippen molar-refractivity contribution in [2.75, 3.05) is 19.8 Å². The number of nitrogen functional groups attached to an aromatic ring is 1. The van der Waals surface area contributed by atoms with Crippen molar-refractivity contribution < 1.29 is 4.79 Å². The minimum atomic E-state index is -0.224. The number of carbonyl (C=O) groups excluding carboxylic acids is 1. The Kier molecular flexibility index (Phi) is 2.91. The summed E-state index contributed by atoms with van der Waals surface area (Å²) in [6, 6.07) is 1.35. The van der Waals surface area contributed by atoms with Crippen LogP contribution in [0.3, 0.4) is 0 Å². The van der Waals surface area contributed by atoms with Gasteiger partial charge < -0.3 is 15.2 Å². The molecule has 0 spiro atoms. The van der Waals surface area contributed by atoms with E-state index in [0.717, 1.165) is 0 Å². The van der Waals surface area contributed by atoms with Crippen molar-refractivity contribution in [3.63, 3.8) is 0 Å². The molecule has 0 aliphatic rings. The third-order valence-electron chi connectivity index (χ3n) is 1.82. The number of aromatic nitrogens is 1. The minimum Gasteiger partial charge on any atom is -0.394 e. The van der Waals surface area contributed by atoms with Gasteiger partial charge in [0.2, 0.25) is 11.3 Å². The Labute approximate surface area is 81.7 Å². The van der Waals surface area contributed by atoms with E-state index in [2.05, 4.69) is 0 Å². The summed E-state index contributed by atoms with van der Waals surface area (Å²) in [7, 11) is 3.35. The van der Waals surface area contributed by atoms with Crippen molar-refractivity contribution in [1.82, 2.24) is 9.47 Å². The van der Waals surface area contributed by atoms with Crippen LogP contribution in [0.5, 0.6) is 0 Å². The lowest BCUT2D eigenvalue weighted by Gasteiger charge is -2.12. The summed E-state index contributed by atoms with van der Waals surface area (Å²) in [6.45, 7) is 0.192. The molecule has 0 aliphatic heterocycles. The Balaban J connectivity index is 2.83. The minimum absolute atomic E-state index is 0.0481. The molecule has 76 valence electrons. The van der Waals surface area contributed by atoms with Crippen LogP contribution in [-0.2, 0) is 11.3 Å². The molecule has 5 nitrogen and oxygen atoms in total. The molecule has 0 saturated heterocycles. The maximum Gasteiger partial charge on any atom is 0.241 e. The van der Waals surface area contributed by atoms with E-state index in [4.69, 9.17) is 5.73 Å². The fourth-order valence-electron chi connectivity index (χ4n) is 0.941. The Morgan fingerprint density at radius 1 is 1.57 bits per heavy atom. The second-order valence-corrected chi connectivity index (χ2v) is 3.22. The van der Waals surface area contributed by atoms with Crippen LogP contribution in [0.1, 0.15) is 0 Å². The van der Waals surface area contributed by atoms with Crippen molar-refractivity contribution in [2.24, 2.45) is 0 Å². The molecule has 1 aromatic heterocycles. The fraction of sp³-hybridized carbons (Fsp3) is 0.333. The highest BCUT2D eigenvalue weighted by molar-refractivity contribution is 5.75. The zero-order valence-electron chi connectivity index (χ0n) is 8.23. The predicted molar refractivity (Wildman–Crippen MR) is 53.8 cm³/mol. The SMILES string of the molecule is CN(C)C(=O)Cn1ccc(=O)c(N)c1. The lowest BCUT2D eigenvalue weighted by atomic mass is 10.4. The molecule has 0 atom stereocenters. The van der Waals surface area contributed by atoms with Crippen LogP contribution in [-0.4, -0.2) is 29.5 Å². The topological polar surface area (TPSA) is 68.3 Å². The van der Waals surface area contributed by atoms with Crippen LogP contribution in [0.2, 0.25) is 0 Å². The molecule has 0 radical (unpaired) electrons. The monoisotopic (exact) mass is 195 g/mol. The number of likely N-dealkylation sites (N-methyl/N-ethyl adjacent to an activating group) is 1. The normalized spacial score (nSPS) is 9.86. The van der Waals surface area contributed by atoms with Crippen molar-refractivity contribution >= 4 is 11.6 Å². The van der Waals surface area contributed by atoms with Gasteiger partial charge in [-0.2, -0.15) is 0 Å². The first-order valence-corrected chi connectivity index (χ1v) is 4.16. The Hall–Kier alpha value is -1.78. The van der Waals surface area contributed by atoms with Crippen LogP contribution in [0.4, 0.5) is 5.69 Å². The predicted octanol–water partition coefficient (Wildman–Crippen LogP) is -0.481. The number of rotatable bonds is 2. The van der Waals surface area contributed by atoms with Crippen molar-refractivity contribution in [3.05, 3.63) is 28.7 Å². The highest BCUT2D eigenvalue weighted by Gasteiger charge is 2.04. The van der Waals surface area contributed by atoms with Gasteiger partial charge in [0.15, 0.2) is 0 Å². The van der Waals surface area contributed by atoms with Crippen LogP contribution in [0.15, 0.2) is 23.3 Å². The number of hydrogen-bond donors (Lipinski definition) is 1. The lowest BCUT2D eigenvalue weighted by Crippen LogP contribution is -2.26. The molecule has 1 heterocycles. The van der Waals surface area contributed by atoms with E-state index in [-0.39, 0.29) is 23.6 Å². The number of nitrogens with two attached hydrogens (primary N) is 1. The molecule has 0 unspecified atom stereocenters. The van der Waals surface area contributed by atoms with E-state index in [1.165, 1.54) is 17.2 Å². The molecular formula is C9H13N3O2. The number of amides is 1. The average molecular weight is 195 g/mol. The molecule has 2 N–H and O–H groups in total. The Bertz CT molecular complexity index is 395. The smallest absolute Gasteiger partial charge is 0.241 e. The summed E-state index contributed by atoms with van der Waals surface area (Å²) in [5.74, 6) is -0.0481. The largest absolute Gasteiger partial charge is 0.394 e. The van der Waals surface area contributed by atoms with Gasteiger partial charge in [0.05, 0.1) is 5.69 Å². The van der Waals surface area contributed by atoms with Crippen LogP contribution < -0.4 is 11.2 Å². The number of carbonyl (C=O) groups is 1. The molecule has 14 heavy (non-hydrogen) atoms. The summed E-state index contributed by atoms with van der Waals surface area (Å²) >= 11 is 0. The van der Waals surface area contributed by atoms with Gasteiger partial charge >= 0.3 is 0 Å². The third-order valence-corrected chi connectivity index (χ3v) is 1.82. The second-order valence-electron chi connectivity index (χ2n) is 3.22. The van der Waals surface area contributed by atoms with E-state index >= 15 is 0 Å². The van der Waals surface area contributed by atoms with Gasteiger partial charge in [-0.15, -0.1) is 0 Å². The number of hydrogen-bond acceptors (Lipinski definition) is 3. The van der Waals surface area contributed by atoms with Crippen LogP contribution in [0.25, 0.3) is 0 Å². The molecule has 0 aromatic carbocycles. The summed E-state index contributed by atoms with van der Waals surface area (Å²) in [5, 5.41) is 0. The van der Waals surface area contributed by atoms with Crippen LogP contribution in [0, 0.1) is 0 Å². The summed E-state index contributed by atoms with van der Waals surface area (Å²) in [6.07, 6.45) is 3.00. The molecule has 0 fully saturated rings. The van der Waals surface area contributed by atoms with E-state index in [1.54, 1.807) is 24.9 Å². The first kappa shape index (κ1) is 10.3. The summed E-state index contributed by atoms with van der Waals surface area (Å²) in [4.78, 5) is 23.7. The van der Waals surface area contributed by atoms with Gasteiger partial charge in [0.1, 0.15) is 6.54 Å². The molecular weight excluding hydrogens is 182 g/mol. The zero-order valence-corrected chi connectivity index (χ0v) is 8.23. The van der Waals surface area contributed by atoms with Crippen molar-refractivity contribution in [3.8, 4) is 0 Å². The molecule has 0 aliphatic carbocycles. The number of nitrogens with zero attached hydrogens (tertiary/aromatic N) is 2. The highest BCUT2D eigenvalue weighted by Crippen LogP contribution is 1.94. The van der Waals surface area contributed by atoms with E-state index in [0.29, 0.717) is 0 Å². The van der Waals surface area contributed by atoms with Crippen LogP contribution >= 0.6 is 0 Å². The molecule has 1 amide bonds. The number of pyridine rings is 1. The third kappa shape index (κ3) is 2.35. The first-order valence-electron chi connectivity index (χ1n) is 4.16. The molecule has 0 saturated carbocycles. The fourth-order valence-corrected chi connectivity index (χ4v) is 0.941. The van der Waals surface area contributed by atoms with E-state index < -0.39 is 0 Å². The maximum atomic E-state index is 11.3. The Morgan fingerprint density at radius 2 is 2.21 bits per heavy atom. The highest BCUT2D eigenvalue weighted by atomic mass is 16.2. The van der Waals surface area contributed by atoms with Gasteiger partial charge in [-0.25, -0.2) is 0 Å². The van der Waals surface area contributed by atoms with E-state index in [1.807, 2.05) is 0 Å². The zero-order chi connectivity index (χ0) is 10.7. The van der Waals surface area contributed by atoms with Gasteiger partial charge in [-0.3, -0.25) is 9.59 Å². The Morgan fingerprint density at radius 3 is 2.71 bits per heavy atom. The average Bonchev–Trinajstić information content (AvgIpc) is 2.11. The summed E-state index contributed by atoms with van der Waals surface area (Å²) < 4.78 is 1.58. The maximum absolute atomic E-state index is 11.3. The molecule has 0 bridgehead atoms. The van der Waals surface area contributed by atoms with Gasteiger partial charge in [0, 0.05) is 32.6 Å². The molecule has 1 aromatic rings. The first-order chi connectivity index (χ1) is 6.50.